The molecular weight excluding hydrogens is 254 g/mol. The van der Waals surface area contributed by atoms with E-state index in [9.17, 15) is 4.79 Å². The van der Waals surface area contributed by atoms with Crippen LogP contribution in [0.5, 0.6) is 0 Å². The average Bonchev–Trinajstić information content (AvgIpc) is 2.45. The van der Waals surface area contributed by atoms with Crippen LogP contribution in [0.3, 0.4) is 0 Å². The minimum atomic E-state index is -0.476. The summed E-state index contributed by atoms with van der Waals surface area (Å²) in [6.07, 6.45) is 3.16. The maximum Gasteiger partial charge on any atom is 0.240 e. The van der Waals surface area contributed by atoms with Crippen molar-refractivity contribution in [3.05, 3.63) is 30.1 Å². The Hall–Kier alpha value is -1.46. The van der Waals surface area contributed by atoms with Gasteiger partial charge in [0.15, 0.2) is 0 Å². The third-order valence-corrected chi connectivity index (χ3v) is 3.15. The van der Waals surface area contributed by atoms with Crippen LogP contribution in [-0.4, -0.2) is 41.6 Å². The molecular formula is C15H25N3O2. The Bertz CT molecular complexity index is 395. The van der Waals surface area contributed by atoms with E-state index in [1.54, 1.807) is 18.2 Å². The number of rotatable bonds is 8. The van der Waals surface area contributed by atoms with Gasteiger partial charge in [-0.15, -0.1) is 0 Å². The molecule has 0 aliphatic carbocycles. The Balaban J connectivity index is 2.63. The lowest BCUT2D eigenvalue weighted by Crippen LogP contribution is -2.46. The molecule has 0 saturated heterocycles. The highest BCUT2D eigenvalue weighted by atomic mass is 16.5. The predicted molar refractivity (Wildman–Crippen MR) is 79.0 cm³/mol. The fourth-order valence-corrected chi connectivity index (χ4v) is 1.97. The molecule has 0 fully saturated rings. The van der Waals surface area contributed by atoms with Gasteiger partial charge in [-0.3, -0.25) is 9.78 Å². The summed E-state index contributed by atoms with van der Waals surface area (Å²) in [6.45, 7) is 5.10. The van der Waals surface area contributed by atoms with Crippen LogP contribution in [0.25, 0.3) is 0 Å². The monoisotopic (exact) mass is 279 g/mol. The first-order chi connectivity index (χ1) is 9.56. The zero-order valence-electron chi connectivity index (χ0n) is 12.6. The van der Waals surface area contributed by atoms with Crippen LogP contribution >= 0.6 is 0 Å². The van der Waals surface area contributed by atoms with Crippen molar-refractivity contribution in [3.63, 3.8) is 0 Å². The second-order valence-corrected chi connectivity index (χ2v) is 5.12. The molecule has 1 atom stereocenters. The van der Waals surface area contributed by atoms with Gasteiger partial charge < -0.3 is 15.4 Å². The minimum absolute atomic E-state index is 0.0262. The molecule has 20 heavy (non-hydrogen) atoms. The topological polar surface area (TPSA) is 68.5 Å². The van der Waals surface area contributed by atoms with E-state index in [1.807, 2.05) is 32.0 Å². The van der Waals surface area contributed by atoms with Crippen LogP contribution in [0, 0.1) is 0 Å². The van der Waals surface area contributed by atoms with E-state index in [0.717, 1.165) is 12.1 Å². The zero-order chi connectivity index (χ0) is 15.0. The summed E-state index contributed by atoms with van der Waals surface area (Å²) in [5.41, 5.74) is 6.86. The number of methoxy groups -OCH3 is 1. The molecule has 0 saturated carbocycles. The number of pyridine rings is 1. The van der Waals surface area contributed by atoms with Gasteiger partial charge in [-0.2, -0.15) is 0 Å². The van der Waals surface area contributed by atoms with Gasteiger partial charge in [0, 0.05) is 26.0 Å². The number of amides is 1. The number of ether oxygens (including phenoxy) is 1. The molecule has 0 radical (unpaired) electrons. The molecule has 1 heterocycles. The maximum absolute atomic E-state index is 12.4. The van der Waals surface area contributed by atoms with Crippen LogP contribution in [-0.2, 0) is 16.1 Å². The Kier molecular flexibility index (Phi) is 7.18. The first-order valence-corrected chi connectivity index (χ1v) is 7.01. The van der Waals surface area contributed by atoms with Gasteiger partial charge in [-0.05, 0) is 38.8 Å². The Morgan fingerprint density at radius 2 is 2.20 bits per heavy atom. The molecule has 1 aromatic heterocycles. The zero-order valence-corrected chi connectivity index (χ0v) is 12.6. The number of nitrogens with two attached hydrogens (primary N) is 1. The lowest BCUT2D eigenvalue weighted by Gasteiger charge is -2.29. The van der Waals surface area contributed by atoms with Crippen LogP contribution in [0.2, 0.25) is 0 Å². The number of hydrogen-bond acceptors (Lipinski definition) is 4. The molecule has 112 valence electrons. The van der Waals surface area contributed by atoms with Crippen molar-refractivity contribution in [2.24, 2.45) is 5.73 Å². The first kappa shape index (κ1) is 16.6. The standard InChI is InChI=1S/C15H25N3O2/c1-12(2)18(11-13-7-4-5-9-17-13)15(19)14(16)8-6-10-20-3/h4-5,7,9,12,14H,6,8,10-11,16H2,1-3H3. The van der Waals surface area contributed by atoms with Crippen molar-refractivity contribution >= 4 is 5.91 Å². The van der Waals surface area contributed by atoms with Gasteiger partial charge in [0.2, 0.25) is 5.91 Å². The van der Waals surface area contributed by atoms with E-state index in [4.69, 9.17) is 10.5 Å². The summed E-state index contributed by atoms with van der Waals surface area (Å²) >= 11 is 0. The highest BCUT2D eigenvalue weighted by molar-refractivity contribution is 5.81. The van der Waals surface area contributed by atoms with Crippen molar-refractivity contribution in [1.29, 1.82) is 0 Å². The number of nitrogens with zero attached hydrogens (tertiary/aromatic N) is 2. The fourth-order valence-electron chi connectivity index (χ4n) is 1.97. The van der Waals surface area contributed by atoms with Gasteiger partial charge in [-0.25, -0.2) is 0 Å². The van der Waals surface area contributed by atoms with E-state index in [2.05, 4.69) is 4.98 Å². The molecule has 2 N–H and O–H groups in total. The second kappa shape index (κ2) is 8.66. The number of carbonyl (C=O) groups excluding carboxylic acids is 1. The number of carbonyl (C=O) groups is 1. The van der Waals surface area contributed by atoms with Crippen molar-refractivity contribution in [2.45, 2.75) is 45.3 Å². The first-order valence-electron chi connectivity index (χ1n) is 7.01. The van der Waals surface area contributed by atoms with Crippen LogP contribution in [0.1, 0.15) is 32.4 Å². The molecule has 1 amide bonds. The second-order valence-electron chi connectivity index (χ2n) is 5.12. The van der Waals surface area contributed by atoms with Crippen LogP contribution < -0.4 is 5.73 Å². The lowest BCUT2D eigenvalue weighted by molar-refractivity contribution is -0.135. The van der Waals surface area contributed by atoms with E-state index in [-0.39, 0.29) is 11.9 Å². The normalized spacial score (nSPS) is 12.4. The van der Waals surface area contributed by atoms with E-state index < -0.39 is 6.04 Å². The van der Waals surface area contributed by atoms with E-state index >= 15 is 0 Å². The molecule has 5 heteroatoms. The predicted octanol–water partition coefficient (Wildman–Crippen LogP) is 1.57. The van der Waals surface area contributed by atoms with Crippen molar-refractivity contribution in [2.75, 3.05) is 13.7 Å². The molecule has 0 spiro atoms. The average molecular weight is 279 g/mol. The smallest absolute Gasteiger partial charge is 0.240 e. The largest absolute Gasteiger partial charge is 0.385 e. The fraction of sp³-hybridized carbons (Fsp3) is 0.600. The Morgan fingerprint density at radius 1 is 1.45 bits per heavy atom. The van der Waals surface area contributed by atoms with Crippen LogP contribution in [0.4, 0.5) is 0 Å². The van der Waals surface area contributed by atoms with Gasteiger partial charge in [-0.1, -0.05) is 6.07 Å². The molecule has 0 aromatic carbocycles. The summed E-state index contributed by atoms with van der Waals surface area (Å²) in [5, 5.41) is 0. The number of hydrogen-bond donors (Lipinski definition) is 1. The molecule has 1 rings (SSSR count). The maximum atomic E-state index is 12.4. The molecule has 0 aliphatic heterocycles. The Morgan fingerprint density at radius 3 is 2.75 bits per heavy atom. The summed E-state index contributed by atoms with van der Waals surface area (Å²) in [6, 6.07) is 5.32. The van der Waals surface area contributed by atoms with Gasteiger partial charge in [0.05, 0.1) is 18.3 Å². The lowest BCUT2D eigenvalue weighted by atomic mass is 10.1. The third kappa shape index (κ3) is 5.27. The van der Waals surface area contributed by atoms with Crippen molar-refractivity contribution in [3.8, 4) is 0 Å². The third-order valence-electron chi connectivity index (χ3n) is 3.15. The SMILES string of the molecule is COCCCC(N)C(=O)N(Cc1ccccn1)C(C)C. The highest BCUT2D eigenvalue weighted by Crippen LogP contribution is 2.10. The van der Waals surface area contributed by atoms with Crippen LogP contribution in [0.15, 0.2) is 24.4 Å². The van der Waals surface area contributed by atoms with Gasteiger partial charge in [0.25, 0.3) is 0 Å². The number of aromatic nitrogens is 1. The quantitative estimate of drug-likeness (QED) is 0.733. The Labute approximate surface area is 121 Å². The summed E-state index contributed by atoms with van der Waals surface area (Å²) < 4.78 is 4.99. The highest BCUT2D eigenvalue weighted by Gasteiger charge is 2.23. The summed E-state index contributed by atoms with van der Waals surface area (Å²) in [5.74, 6) is -0.0262. The van der Waals surface area contributed by atoms with Crippen molar-refractivity contribution < 1.29 is 9.53 Å². The molecule has 0 bridgehead atoms. The van der Waals surface area contributed by atoms with Gasteiger partial charge >= 0.3 is 0 Å². The van der Waals surface area contributed by atoms with Gasteiger partial charge in [0.1, 0.15) is 0 Å². The molecule has 1 unspecified atom stereocenters. The molecule has 5 nitrogen and oxygen atoms in total. The minimum Gasteiger partial charge on any atom is -0.385 e. The van der Waals surface area contributed by atoms with E-state index in [0.29, 0.717) is 19.6 Å². The van der Waals surface area contributed by atoms with E-state index in [1.165, 1.54) is 0 Å². The summed E-state index contributed by atoms with van der Waals surface area (Å²) in [7, 11) is 1.65. The summed E-state index contributed by atoms with van der Waals surface area (Å²) in [4.78, 5) is 18.5. The molecule has 0 aliphatic rings. The van der Waals surface area contributed by atoms with Crippen molar-refractivity contribution in [1.82, 2.24) is 9.88 Å². The molecule has 1 aromatic rings.